The molecule has 9 heteroatoms. The molecule has 1 aliphatic rings. The van der Waals surface area contributed by atoms with E-state index in [0.717, 1.165) is 22.7 Å². The molecular weight excluding hydrogens is 466 g/mol. The average Bonchev–Trinajstić information content (AvgIpc) is 3.03. The predicted molar refractivity (Wildman–Crippen MR) is 140 cm³/mol. The van der Waals surface area contributed by atoms with E-state index in [0.29, 0.717) is 42.7 Å². The van der Waals surface area contributed by atoms with Gasteiger partial charge in [0, 0.05) is 12.2 Å². The van der Waals surface area contributed by atoms with Gasteiger partial charge in [-0.2, -0.15) is 0 Å². The first-order chi connectivity index (χ1) is 17.0. The van der Waals surface area contributed by atoms with Crippen LogP contribution in [-0.4, -0.2) is 49.5 Å². The summed E-state index contributed by atoms with van der Waals surface area (Å²) in [7, 11) is 1.35. The molecule has 186 valence electrons. The van der Waals surface area contributed by atoms with Gasteiger partial charge in [-0.25, -0.2) is 4.99 Å². The van der Waals surface area contributed by atoms with Crippen LogP contribution >= 0.6 is 11.8 Å². The van der Waals surface area contributed by atoms with Gasteiger partial charge in [0.25, 0.3) is 0 Å². The van der Waals surface area contributed by atoms with Gasteiger partial charge in [0.1, 0.15) is 0 Å². The summed E-state index contributed by atoms with van der Waals surface area (Å²) in [6, 6.07) is 13.4. The lowest BCUT2D eigenvalue weighted by molar-refractivity contribution is -0.139. The fraction of sp³-hybridized carbons (Fsp3) is 0.346. The van der Waals surface area contributed by atoms with Crippen molar-refractivity contribution in [3.63, 3.8) is 0 Å². The molecule has 35 heavy (non-hydrogen) atoms. The molecule has 1 amide bonds. The standard InChI is InChI=1S/C26H31N3O5S/c1-4-33-22-11-10-18(14-23(22)34-5-2)12-13-27-24(30)17-35-25-15-19(16-26(31)32-3)28-20-8-6-7-9-21(20)29-25/h6-11,14-15,28H,4-5,12-13,16-17H2,1-3H3,(H,27,30). The van der Waals surface area contributed by atoms with Crippen LogP contribution in [0.15, 0.2) is 59.2 Å². The number of amides is 1. The van der Waals surface area contributed by atoms with Crippen molar-refractivity contribution < 1.29 is 23.8 Å². The van der Waals surface area contributed by atoms with Gasteiger partial charge in [0.05, 0.1) is 48.9 Å². The number of rotatable bonds is 11. The number of thioether (sulfide) groups is 1. The number of benzene rings is 2. The second-order valence-electron chi connectivity index (χ2n) is 7.55. The largest absolute Gasteiger partial charge is 0.490 e. The van der Waals surface area contributed by atoms with E-state index in [-0.39, 0.29) is 24.1 Å². The lowest BCUT2D eigenvalue weighted by Gasteiger charge is -2.12. The third-order valence-electron chi connectivity index (χ3n) is 4.98. The van der Waals surface area contributed by atoms with Crippen molar-refractivity contribution in [2.75, 3.05) is 37.9 Å². The monoisotopic (exact) mass is 497 g/mol. The number of fused-ring (bicyclic) bond motifs is 1. The zero-order valence-corrected chi connectivity index (χ0v) is 21.1. The minimum atomic E-state index is -0.355. The van der Waals surface area contributed by atoms with Gasteiger partial charge in [-0.3, -0.25) is 9.59 Å². The number of anilines is 1. The minimum Gasteiger partial charge on any atom is -0.490 e. The van der Waals surface area contributed by atoms with Crippen LogP contribution < -0.4 is 20.1 Å². The van der Waals surface area contributed by atoms with E-state index in [2.05, 4.69) is 15.6 Å². The van der Waals surface area contributed by atoms with E-state index in [9.17, 15) is 9.59 Å². The summed E-state index contributed by atoms with van der Waals surface area (Å²) in [6.45, 7) is 5.49. The van der Waals surface area contributed by atoms with Gasteiger partial charge in [0.2, 0.25) is 5.91 Å². The molecule has 1 aliphatic heterocycles. The molecule has 0 fully saturated rings. The SMILES string of the molecule is CCOc1ccc(CCNC(=O)CSC2=Nc3ccccc3NC(CC(=O)OC)=C2)cc1OCC. The summed E-state index contributed by atoms with van der Waals surface area (Å²) >= 11 is 1.32. The van der Waals surface area contributed by atoms with Crippen molar-refractivity contribution in [1.82, 2.24) is 5.32 Å². The van der Waals surface area contributed by atoms with Crippen molar-refractivity contribution >= 4 is 40.1 Å². The number of methoxy groups -OCH3 is 1. The second kappa shape index (κ2) is 13.4. The first-order valence-corrected chi connectivity index (χ1v) is 12.5. The van der Waals surface area contributed by atoms with Crippen LogP contribution in [0, 0.1) is 0 Å². The molecular formula is C26H31N3O5S. The number of esters is 1. The summed E-state index contributed by atoms with van der Waals surface area (Å²) in [6.07, 6.45) is 2.54. The van der Waals surface area contributed by atoms with Crippen LogP contribution in [0.5, 0.6) is 11.5 Å². The Morgan fingerprint density at radius 2 is 1.83 bits per heavy atom. The maximum Gasteiger partial charge on any atom is 0.311 e. The van der Waals surface area contributed by atoms with Gasteiger partial charge >= 0.3 is 5.97 Å². The van der Waals surface area contributed by atoms with Crippen molar-refractivity contribution in [1.29, 1.82) is 0 Å². The van der Waals surface area contributed by atoms with Gasteiger partial charge in [0.15, 0.2) is 11.5 Å². The number of para-hydroxylation sites is 2. The van der Waals surface area contributed by atoms with E-state index in [1.807, 2.05) is 56.3 Å². The van der Waals surface area contributed by atoms with E-state index in [1.165, 1.54) is 18.9 Å². The summed E-state index contributed by atoms with van der Waals surface area (Å²) in [4.78, 5) is 28.9. The molecule has 0 saturated carbocycles. The highest BCUT2D eigenvalue weighted by Gasteiger charge is 2.15. The molecule has 0 atom stereocenters. The normalized spacial score (nSPS) is 12.3. The van der Waals surface area contributed by atoms with Crippen LogP contribution in [0.25, 0.3) is 0 Å². The Labute approximate surface area is 210 Å². The summed E-state index contributed by atoms with van der Waals surface area (Å²) < 4.78 is 16.1. The third-order valence-corrected chi connectivity index (χ3v) is 5.90. The summed E-state index contributed by atoms with van der Waals surface area (Å²) in [5, 5.41) is 6.83. The highest BCUT2D eigenvalue weighted by molar-refractivity contribution is 8.14. The first-order valence-electron chi connectivity index (χ1n) is 11.5. The zero-order chi connectivity index (χ0) is 25.0. The number of carbonyl (C=O) groups excluding carboxylic acids is 2. The molecule has 8 nitrogen and oxygen atoms in total. The molecule has 0 aromatic heterocycles. The first kappa shape index (κ1) is 26.2. The quantitative estimate of drug-likeness (QED) is 0.442. The summed E-state index contributed by atoms with van der Waals surface area (Å²) in [5.41, 5.74) is 3.25. The van der Waals surface area contributed by atoms with E-state index in [4.69, 9.17) is 14.2 Å². The molecule has 0 aliphatic carbocycles. The Balaban J connectivity index is 1.56. The van der Waals surface area contributed by atoms with Gasteiger partial charge < -0.3 is 24.8 Å². The van der Waals surface area contributed by atoms with E-state index >= 15 is 0 Å². The maximum atomic E-state index is 12.5. The molecule has 2 aromatic carbocycles. The van der Waals surface area contributed by atoms with E-state index < -0.39 is 0 Å². The lowest BCUT2D eigenvalue weighted by atomic mass is 10.1. The molecule has 2 aromatic rings. The molecule has 0 spiro atoms. The number of hydrogen-bond donors (Lipinski definition) is 2. The zero-order valence-electron chi connectivity index (χ0n) is 20.3. The molecule has 0 saturated heterocycles. The number of nitrogens with zero attached hydrogens (tertiary/aromatic N) is 1. The summed E-state index contributed by atoms with van der Waals surface area (Å²) in [5.74, 6) is 1.19. The van der Waals surface area contributed by atoms with Crippen molar-refractivity contribution in [2.45, 2.75) is 26.7 Å². The molecule has 1 heterocycles. The molecule has 2 N–H and O–H groups in total. The Hall–Kier alpha value is -3.46. The second-order valence-corrected chi connectivity index (χ2v) is 8.55. The van der Waals surface area contributed by atoms with Gasteiger partial charge in [-0.15, -0.1) is 0 Å². The number of ether oxygens (including phenoxy) is 3. The number of nitrogens with one attached hydrogen (secondary N) is 2. The fourth-order valence-corrected chi connectivity index (χ4v) is 4.14. The van der Waals surface area contributed by atoms with Crippen molar-refractivity contribution in [3.05, 3.63) is 59.8 Å². The molecule has 0 unspecified atom stereocenters. The number of aliphatic imine (C=N–C) groups is 1. The Kier molecular flexibility index (Phi) is 10.0. The fourth-order valence-electron chi connectivity index (χ4n) is 3.37. The lowest BCUT2D eigenvalue weighted by Crippen LogP contribution is -2.27. The van der Waals surface area contributed by atoms with E-state index in [1.54, 1.807) is 6.08 Å². The Bertz CT molecular complexity index is 1100. The molecule has 0 radical (unpaired) electrons. The van der Waals surface area contributed by atoms with Gasteiger partial charge in [-0.05, 0) is 56.2 Å². The maximum absolute atomic E-state index is 12.5. The predicted octanol–water partition coefficient (Wildman–Crippen LogP) is 4.48. The van der Waals surface area contributed by atoms with Crippen LogP contribution in [-0.2, 0) is 20.7 Å². The van der Waals surface area contributed by atoms with Crippen LogP contribution in [0.1, 0.15) is 25.8 Å². The molecule has 0 bridgehead atoms. The number of hydrogen-bond acceptors (Lipinski definition) is 8. The topological polar surface area (TPSA) is 98.2 Å². The average molecular weight is 498 g/mol. The highest BCUT2D eigenvalue weighted by Crippen LogP contribution is 2.31. The van der Waals surface area contributed by atoms with Crippen LogP contribution in [0.4, 0.5) is 11.4 Å². The minimum absolute atomic E-state index is 0.0857. The third kappa shape index (κ3) is 8.06. The van der Waals surface area contributed by atoms with Crippen LogP contribution in [0.2, 0.25) is 0 Å². The Morgan fingerprint density at radius 1 is 1.06 bits per heavy atom. The number of carbonyl (C=O) groups is 2. The molecule has 3 rings (SSSR count). The van der Waals surface area contributed by atoms with Crippen molar-refractivity contribution in [2.24, 2.45) is 4.99 Å². The van der Waals surface area contributed by atoms with Gasteiger partial charge in [-0.1, -0.05) is 30.0 Å². The Morgan fingerprint density at radius 3 is 2.60 bits per heavy atom. The highest BCUT2D eigenvalue weighted by atomic mass is 32.2. The van der Waals surface area contributed by atoms with Crippen LogP contribution in [0.3, 0.4) is 0 Å². The van der Waals surface area contributed by atoms with Crippen molar-refractivity contribution in [3.8, 4) is 11.5 Å². The smallest absolute Gasteiger partial charge is 0.311 e.